The Kier molecular flexibility index (Phi) is 2.74. The number of halogens is 1. The number of nitrogens with zero attached hydrogens (tertiary/aromatic N) is 3. The van der Waals surface area contributed by atoms with Crippen LogP contribution in [0.2, 0.25) is 5.15 Å². The lowest BCUT2D eigenvalue weighted by Gasteiger charge is -2.15. The van der Waals surface area contributed by atoms with Crippen LogP contribution < -0.4 is 5.32 Å². The van der Waals surface area contributed by atoms with Crippen LogP contribution in [-0.2, 0) is 11.3 Å². The van der Waals surface area contributed by atoms with Gasteiger partial charge in [0.05, 0.1) is 12.2 Å². The van der Waals surface area contributed by atoms with E-state index in [-0.39, 0.29) is 17.6 Å². The zero-order valence-corrected chi connectivity index (χ0v) is 10.2. The first-order chi connectivity index (χ1) is 7.90. The van der Waals surface area contributed by atoms with Crippen molar-refractivity contribution in [3.63, 3.8) is 0 Å². The van der Waals surface area contributed by atoms with Crippen molar-refractivity contribution in [3.05, 3.63) is 23.0 Å². The number of urea groups is 1. The highest BCUT2D eigenvalue weighted by Crippen LogP contribution is 2.18. The molecule has 2 heterocycles. The Balaban J connectivity index is 2.17. The Morgan fingerprint density at radius 2 is 2.06 bits per heavy atom. The van der Waals surface area contributed by atoms with Crippen molar-refractivity contribution in [2.24, 2.45) is 0 Å². The van der Waals surface area contributed by atoms with Crippen molar-refractivity contribution in [1.82, 2.24) is 20.4 Å². The maximum absolute atomic E-state index is 11.9. The summed E-state index contributed by atoms with van der Waals surface area (Å²) in [6.07, 6.45) is 0. The molecule has 0 unspecified atom stereocenters. The number of carbonyl (C=O) groups is 2. The molecule has 1 aromatic heterocycles. The lowest BCUT2D eigenvalue weighted by molar-refractivity contribution is -0.130. The van der Waals surface area contributed by atoms with Crippen molar-refractivity contribution in [2.75, 3.05) is 0 Å². The van der Waals surface area contributed by atoms with Gasteiger partial charge in [0.25, 0.3) is 5.91 Å². The summed E-state index contributed by atoms with van der Waals surface area (Å²) < 4.78 is 0. The molecule has 1 aliphatic heterocycles. The summed E-state index contributed by atoms with van der Waals surface area (Å²) in [6.45, 7) is 3.40. The molecule has 7 heteroatoms. The fourth-order valence-corrected chi connectivity index (χ4v) is 1.65. The predicted molar refractivity (Wildman–Crippen MR) is 60.2 cm³/mol. The van der Waals surface area contributed by atoms with Crippen molar-refractivity contribution in [2.45, 2.75) is 25.9 Å². The molecule has 0 bridgehead atoms. The summed E-state index contributed by atoms with van der Waals surface area (Å²) >= 11 is 5.60. The molecule has 1 N–H and O–H groups in total. The van der Waals surface area contributed by atoms with Crippen LogP contribution in [0, 0.1) is 0 Å². The van der Waals surface area contributed by atoms with Gasteiger partial charge in [-0.05, 0) is 26.0 Å². The third-order valence-electron chi connectivity index (χ3n) is 2.45. The van der Waals surface area contributed by atoms with E-state index in [1.807, 2.05) is 0 Å². The molecule has 1 aromatic rings. The Morgan fingerprint density at radius 1 is 1.35 bits per heavy atom. The summed E-state index contributed by atoms with van der Waals surface area (Å²) in [4.78, 5) is 24.6. The molecule has 0 spiro atoms. The van der Waals surface area contributed by atoms with E-state index in [0.29, 0.717) is 5.69 Å². The molecular formula is C10H11ClN4O2. The molecule has 0 radical (unpaired) electrons. The van der Waals surface area contributed by atoms with Gasteiger partial charge in [-0.25, -0.2) is 4.79 Å². The normalized spacial score (nSPS) is 18.4. The summed E-state index contributed by atoms with van der Waals surface area (Å²) in [5, 5.41) is 10.3. The molecular weight excluding hydrogens is 244 g/mol. The molecule has 17 heavy (non-hydrogen) atoms. The highest BCUT2D eigenvalue weighted by molar-refractivity contribution is 6.29. The highest BCUT2D eigenvalue weighted by Gasteiger charge is 2.44. The minimum absolute atomic E-state index is 0.0955. The van der Waals surface area contributed by atoms with E-state index < -0.39 is 11.6 Å². The van der Waals surface area contributed by atoms with Gasteiger partial charge >= 0.3 is 6.03 Å². The van der Waals surface area contributed by atoms with Crippen molar-refractivity contribution in [1.29, 1.82) is 0 Å². The van der Waals surface area contributed by atoms with Crippen LogP contribution in [0.4, 0.5) is 4.79 Å². The Morgan fingerprint density at radius 3 is 2.53 bits per heavy atom. The Bertz CT molecular complexity index is 472. The van der Waals surface area contributed by atoms with Crippen molar-refractivity contribution in [3.8, 4) is 0 Å². The third-order valence-corrected chi connectivity index (χ3v) is 2.65. The molecule has 0 aliphatic carbocycles. The van der Waals surface area contributed by atoms with Crippen molar-refractivity contribution >= 4 is 23.5 Å². The van der Waals surface area contributed by atoms with E-state index in [2.05, 4.69) is 15.5 Å². The van der Waals surface area contributed by atoms with Gasteiger partial charge in [0.15, 0.2) is 5.15 Å². The monoisotopic (exact) mass is 254 g/mol. The van der Waals surface area contributed by atoms with Crippen LogP contribution in [0.3, 0.4) is 0 Å². The summed E-state index contributed by atoms with van der Waals surface area (Å²) in [5.74, 6) is -0.278. The maximum atomic E-state index is 11.9. The van der Waals surface area contributed by atoms with Gasteiger partial charge in [-0.2, -0.15) is 5.10 Å². The van der Waals surface area contributed by atoms with Crippen LogP contribution in [0.1, 0.15) is 19.5 Å². The number of aromatic nitrogens is 2. The fraction of sp³-hybridized carbons (Fsp3) is 0.400. The second-order valence-electron chi connectivity index (χ2n) is 4.29. The number of rotatable bonds is 2. The molecule has 0 atom stereocenters. The Hall–Kier alpha value is -1.69. The Labute approximate surface area is 103 Å². The topological polar surface area (TPSA) is 75.2 Å². The highest BCUT2D eigenvalue weighted by atomic mass is 35.5. The van der Waals surface area contributed by atoms with E-state index in [1.54, 1.807) is 26.0 Å². The number of amides is 3. The van der Waals surface area contributed by atoms with Crippen LogP contribution in [0.5, 0.6) is 0 Å². The second-order valence-corrected chi connectivity index (χ2v) is 4.68. The SMILES string of the molecule is CC1(C)NC(=O)N(Cc2ccc(Cl)nn2)C1=O. The van der Waals surface area contributed by atoms with Crippen LogP contribution in [0.15, 0.2) is 12.1 Å². The largest absolute Gasteiger partial charge is 0.325 e. The number of hydrogen-bond acceptors (Lipinski definition) is 4. The molecule has 2 rings (SSSR count). The van der Waals surface area contributed by atoms with Gasteiger partial charge in [-0.1, -0.05) is 11.6 Å². The van der Waals surface area contributed by atoms with Gasteiger partial charge in [0.2, 0.25) is 0 Å². The minimum Gasteiger partial charge on any atom is -0.324 e. The van der Waals surface area contributed by atoms with Gasteiger partial charge in [-0.15, -0.1) is 5.10 Å². The maximum Gasteiger partial charge on any atom is 0.325 e. The molecule has 6 nitrogen and oxygen atoms in total. The lowest BCUT2D eigenvalue weighted by atomic mass is 10.1. The lowest BCUT2D eigenvalue weighted by Crippen LogP contribution is -2.40. The molecule has 0 aromatic carbocycles. The second kappa shape index (κ2) is 3.96. The van der Waals surface area contributed by atoms with E-state index in [0.717, 1.165) is 4.90 Å². The average Bonchev–Trinajstić information content (AvgIpc) is 2.44. The summed E-state index contributed by atoms with van der Waals surface area (Å²) in [5.41, 5.74) is -0.354. The van der Waals surface area contributed by atoms with Crippen LogP contribution in [0.25, 0.3) is 0 Å². The number of hydrogen-bond donors (Lipinski definition) is 1. The summed E-state index contributed by atoms with van der Waals surface area (Å²) in [6, 6.07) is 2.77. The van der Waals surface area contributed by atoms with Gasteiger partial charge in [-0.3, -0.25) is 9.69 Å². The van der Waals surface area contributed by atoms with Gasteiger partial charge in [0, 0.05) is 0 Å². The number of nitrogens with one attached hydrogen (secondary N) is 1. The predicted octanol–water partition coefficient (Wildman–Crippen LogP) is 0.960. The van der Waals surface area contributed by atoms with E-state index >= 15 is 0 Å². The van der Waals surface area contributed by atoms with Gasteiger partial charge < -0.3 is 5.32 Å². The number of imide groups is 1. The first kappa shape index (κ1) is 11.8. The van der Waals surface area contributed by atoms with E-state index in [4.69, 9.17) is 11.6 Å². The first-order valence-corrected chi connectivity index (χ1v) is 5.40. The summed E-state index contributed by atoms with van der Waals surface area (Å²) in [7, 11) is 0. The standard InChI is InChI=1S/C10H11ClN4O2/c1-10(2)8(16)15(9(17)12-10)5-6-3-4-7(11)14-13-6/h3-4H,5H2,1-2H3,(H,12,17). The van der Waals surface area contributed by atoms with Crippen LogP contribution >= 0.6 is 11.6 Å². The molecule has 0 saturated carbocycles. The quantitative estimate of drug-likeness (QED) is 0.798. The van der Waals surface area contributed by atoms with Crippen LogP contribution in [-0.4, -0.2) is 32.6 Å². The number of carbonyl (C=O) groups excluding carboxylic acids is 2. The average molecular weight is 255 g/mol. The van der Waals surface area contributed by atoms with E-state index in [1.165, 1.54) is 0 Å². The third kappa shape index (κ3) is 2.21. The molecule has 1 fully saturated rings. The molecule has 90 valence electrons. The van der Waals surface area contributed by atoms with E-state index in [9.17, 15) is 9.59 Å². The van der Waals surface area contributed by atoms with Gasteiger partial charge in [0.1, 0.15) is 5.54 Å². The first-order valence-electron chi connectivity index (χ1n) is 5.02. The molecule has 1 aliphatic rings. The molecule has 1 saturated heterocycles. The zero-order valence-electron chi connectivity index (χ0n) is 9.40. The zero-order chi connectivity index (χ0) is 12.6. The van der Waals surface area contributed by atoms with Crippen molar-refractivity contribution < 1.29 is 9.59 Å². The molecule has 3 amide bonds. The smallest absolute Gasteiger partial charge is 0.324 e. The fourth-order valence-electron chi connectivity index (χ4n) is 1.55. The minimum atomic E-state index is -0.864.